The van der Waals surface area contributed by atoms with E-state index in [0.717, 1.165) is 5.88 Å². The molecular weight excluding hydrogens is 335 g/mol. The Bertz CT molecular complexity index is 528. The highest BCUT2D eigenvalue weighted by molar-refractivity contribution is 7.48. The van der Waals surface area contributed by atoms with E-state index in [1.165, 1.54) is 19.3 Å². The Hall–Kier alpha value is -1.48. The van der Waals surface area contributed by atoms with Crippen molar-refractivity contribution in [3.63, 3.8) is 0 Å². The maximum Gasteiger partial charge on any atom is 0.584 e. The lowest BCUT2D eigenvalue weighted by Gasteiger charge is -2.13. The van der Waals surface area contributed by atoms with Gasteiger partial charge in [-0.1, -0.05) is 56.2 Å². The number of unbranched alkanes of at least 4 members (excludes halogenated alkanes) is 2. The van der Waals surface area contributed by atoms with Gasteiger partial charge in [0.05, 0.1) is 0 Å². The minimum atomic E-state index is -4.14. The molecule has 0 bridgehead atoms. The second-order valence-electron chi connectivity index (χ2n) is 4.67. The lowest BCUT2D eigenvalue weighted by molar-refractivity contribution is 0.291. The molecule has 0 aliphatic heterocycles. The number of hydrogen-bond acceptors (Lipinski definition) is 3. The molecule has 0 atom stereocenters. The number of rotatable bonds is 7. The smallest absolute Gasteiger partial charge is 0.395 e. The fraction of sp³-hybridized carbons (Fsp3) is 0.294. The first-order valence-corrected chi connectivity index (χ1v) is 9.48. The minimum absolute atomic E-state index is 0.286. The van der Waals surface area contributed by atoms with E-state index in [4.69, 9.17) is 20.6 Å². The molecule has 0 saturated carbocycles. The summed E-state index contributed by atoms with van der Waals surface area (Å²) in [5, 5.41) is 0. The summed E-state index contributed by atoms with van der Waals surface area (Å²) in [5.41, 5.74) is 0. The van der Waals surface area contributed by atoms with E-state index < -0.39 is 7.82 Å². The summed E-state index contributed by atoms with van der Waals surface area (Å²) in [6.45, 7) is 2.17. The van der Waals surface area contributed by atoms with Crippen LogP contribution in [0.3, 0.4) is 0 Å². The van der Waals surface area contributed by atoms with Crippen LogP contribution in [0.1, 0.15) is 26.2 Å². The van der Waals surface area contributed by atoms with Crippen LogP contribution in [-0.4, -0.2) is 10.8 Å². The van der Waals surface area contributed by atoms with Crippen LogP contribution < -0.4 is 9.05 Å². The summed E-state index contributed by atoms with van der Waals surface area (Å²) in [7, 11) is -4.14. The average Bonchev–Trinajstić information content (AvgIpc) is 2.54. The van der Waals surface area contributed by atoms with Crippen molar-refractivity contribution in [1.82, 2.24) is 0 Å². The SMILES string of the molecule is CCCCCCl.O=P(O)(Oc1ccccc1)Oc1ccccc1. The number of halogens is 1. The number of para-hydroxylation sites is 2. The summed E-state index contributed by atoms with van der Waals surface area (Å²) in [6, 6.07) is 16.7. The van der Waals surface area contributed by atoms with Gasteiger partial charge in [-0.15, -0.1) is 11.6 Å². The standard InChI is InChI=1S/C12H11O4P.C5H11Cl/c13-17(14,15-11-7-3-1-4-8-11)16-12-9-5-2-6-10-12;1-2-3-4-5-6/h1-10H,(H,13,14);2-5H2,1H3. The van der Waals surface area contributed by atoms with Crippen molar-refractivity contribution in [2.75, 3.05) is 5.88 Å². The molecule has 0 radical (unpaired) electrons. The summed E-state index contributed by atoms with van der Waals surface area (Å²) in [4.78, 5) is 9.53. The zero-order valence-electron chi connectivity index (χ0n) is 13.1. The lowest BCUT2D eigenvalue weighted by atomic mass is 10.3. The predicted octanol–water partition coefficient (Wildman–Crippen LogP) is 5.66. The molecule has 0 heterocycles. The topological polar surface area (TPSA) is 55.8 Å². The first-order valence-electron chi connectivity index (χ1n) is 7.45. The van der Waals surface area contributed by atoms with Gasteiger partial charge in [0.25, 0.3) is 0 Å². The second kappa shape index (κ2) is 11.1. The Morgan fingerprint density at radius 2 is 1.35 bits per heavy atom. The minimum Gasteiger partial charge on any atom is -0.395 e. The molecule has 0 aliphatic carbocycles. The van der Waals surface area contributed by atoms with Gasteiger partial charge in [-0.25, -0.2) is 4.57 Å². The number of phosphoric acid groups is 1. The van der Waals surface area contributed by atoms with E-state index in [0.29, 0.717) is 0 Å². The Kier molecular flexibility index (Phi) is 9.46. The van der Waals surface area contributed by atoms with Crippen LogP contribution in [0.25, 0.3) is 0 Å². The molecule has 2 aromatic carbocycles. The Balaban J connectivity index is 0.000000379. The highest BCUT2D eigenvalue weighted by atomic mass is 35.5. The van der Waals surface area contributed by atoms with Gasteiger partial charge >= 0.3 is 7.82 Å². The molecule has 0 amide bonds. The van der Waals surface area contributed by atoms with Crippen LogP contribution in [0, 0.1) is 0 Å². The lowest BCUT2D eigenvalue weighted by Crippen LogP contribution is -1.99. The largest absolute Gasteiger partial charge is 0.584 e. The molecule has 0 fully saturated rings. The van der Waals surface area contributed by atoms with Crippen molar-refractivity contribution >= 4 is 19.4 Å². The van der Waals surface area contributed by atoms with E-state index in [-0.39, 0.29) is 11.5 Å². The first-order chi connectivity index (χ1) is 11.1. The van der Waals surface area contributed by atoms with Crippen molar-refractivity contribution in [2.24, 2.45) is 0 Å². The molecule has 0 spiro atoms. The maximum atomic E-state index is 11.7. The van der Waals surface area contributed by atoms with Crippen molar-refractivity contribution in [3.05, 3.63) is 60.7 Å². The van der Waals surface area contributed by atoms with E-state index in [2.05, 4.69) is 6.92 Å². The Morgan fingerprint density at radius 3 is 1.65 bits per heavy atom. The summed E-state index contributed by atoms with van der Waals surface area (Å²) in [5.74, 6) is 1.40. The summed E-state index contributed by atoms with van der Waals surface area (Å²) >= 11 is 5.38. The van der Waals surface area contributed by atoms with Crippen molar-refractivity contribution in [2.45, 2.75) is 26.2 Å². The van der Waals surface area contributed by atoms with Crippen molar-refractivity contribution in [3.8, 4) is 11.5 Å². The fourth-order valence-corrected chi connectivity index (χ4v) is 2.59. The number of alkyl halides is 1. The second-order valence-corrected chi connectivity index (χ2v) is 6.35. The van der Waals surface area contributed by atoms with E-state index >= 15 is 0 Å². The number of benzene rings is 2. The normalized spacial score (nSPS) is 10.4. The third kappa shape index (κ3) is 9.29. The van der Waals surface area contributed by atoms with Gasteiger partial charge in [-0.2, -0.15) is 0 Å². The van der Waals surface area contributed by atoms with Crippen LogP contribution in [0.4, 0.5) is 0 Å². The molecule has 2 rings (SSSR count). The van der Waals surface area contributed by atoms with Gasteiger partial charge in [0, 0.05) is 5.88 Å². The molecule has 1 N–H and O–H groups in total. The highest BCUT2D eigenvalue weighted by Gasteiger charge is 2.24. The van der Waals surface area contributed by atoms with Gasteiger partial charge in [0.2, 0.25) is 0 Å². The molecule has 23 heavy (non-hydrogen) atoms. The van der Waals surface area contributed by atoms with Crippen LogP contribution in [0.5, 0.6) is 11.5 Å². The average molecular weight is 357 g/mol. The molecule has 0 aliphatic rings. The quantitative estimate of drug-likeness (QED) is 0.395. The van der Waals surface area contributed by atoms with Crippen molar-refractivity contribution < 1.29 is 18.5 Å². The van der Waals surface area contributed by atoms with E-state index in [9.17, 15) is 9.46 Å². The van der Waals surface area contributed by atoms with E-state index in [1.807, 2.05) is 0 Å². The molecule has 4 nitrogen and oxygen atoms in total. The summed E-state index contributed by atoms with van der Waals surface area (Å²) in [6.07, 6.45) is 3.73. The van der Waals surface area contributed by atoms with Crippen molar-refractivity contribution in [1.29, 1.82) is 0 Å². The van der Waals surface area contributed by atoms with Crippen LogP contribution >= 0.6 is 19.4 Å². The third-order valence-corrected chi connectivity index (χ3v) is 3.82. The third-order valence-electron chi connectivity index (χ3n) is 2.67. The van der Waals surface area contributed by atoms with Gasteiger partial charge in [0.1, 0.15) is 11.5 Å². The first kappa shape index (κ1) is 19.6. The molecule has 0 saturated heterocycles. The number of phosphoric ester groups is 1. The molecule has 126 valence electrons. The monoisotopic (exact) mass is 356 g/mol. The highest BCUT2D eigenvalue weighted by Crippen LogP contribution is 2.44. The molecule has 2 aromatic rings. The fourth-order valence-electron chi connectivity index (χ4n) is 1.59. The Labute approximate surface area is 142 Å². The van der Waals surface area contributed by atoms with Gasteiger partial charge in [0.15, 0.2) is 0 Å². The zero-order valence-corrected chi connectivity index (χ0v) is 14.7. The van der Waals surface area contributed by atoms with Gasteiger partial charge < -0.3 is 9.05 Å². The Morgan fingerprint density at radius 1 is 0.913 bits per heavy atom. The molecule has 0 aromatic heterocycles. The molecule has 6 heteroatoms. The van der Waals surface area contributed by atoms with Gasteiger partial charge in [-0.3, -0.25) is 4.89 Å². The molecule has 0 unspecified atom stereocenters. The summed E-state index contributed by atoms with van der Waals surface area (Å²) < 4.78 is 21.5. The van der Waals surface area contributed by atoms with Gasteiger partial charge in [-0.05, 0) is 30.7 Å². The van der Waals surface area contributed by atoms with Crippen LogP contribution in [0.15, 0.2) is 60.7 Å². The van der Waals surface area contributed by atoms with E-state index in [1.54, 1.807) is 60.7 Å². The maximum absolute atomic E-state index is 11.7. The van der Waals surface area contributed by atoms with Crippen LogP contribution in [0.2, 0.25) is 0 Å². The molecular formula is C17H22ClO4P. The predicted molar refractivity (Wildman–Crippen MR) is 94.2 cm³/mol. The van der Waals surface area contributed by atoms with Crippen LogP contribution in [-0.2, 0) is 4.57 Å². The zero-order chi connectivity index (χ0) is 17.0. The number of hydrogen-bond donors (Lipinski definition) is 1.